The number of carbonyl (C=O) groups is 2. The van der Waals surface area contributed by atoms with E-state index in [2.05, 4.69) is 58.1 Å². The summed E-state index contributed by atoms with van der Waals surface area (Å²) in [7, 11) is 0. The van der Waals surface area contributed by atoms with Crippen LogP contribution in [0.4, 0.5) is 5.69 Å². The summed E-state index contributed by atoms with van der Waals surface area (Å²) >= 11 is 0. The Morgan fingerprint density at radius 1 is 0.438 bits per heavy atom. The second-order valence-corrected chi connectivity index (χ2v) is 11.9. The Kier molecular flexibility index (Phi) is 6.37. The Morgan fingerprint density at radius 2 is 1.15 bits per heavy atom. The van der Waals surface area contributed by atoms with Crippen LogP contribution in [0.1, 0.15) is 20.7 Å². The largest absolute Gasteiger partial charge is 0.308 e. The summed E-state index contributed by atoms with van der Waals surface area (Å²) in [5, 5.41) is 2.10. The maximum atomic E-state index is 14.7. The molecule has 0 bridgehead atoms. The molecule has 0 fully saturated rings. The number of aromatic nitrogens is 2. The first-order valence-electron chi connectivity index (χ1n) is 15.9. The molecular weight excluding hydrogens is 590 g/mol. The topological polar surface area (TPSA) is 55.2 Å². The predicted octanol–water partition coefficient (Wildman–Crippen LogP) is 9.98. The molecule has 0 aliphatic carbocycles. The van der Waals surface area contributed by atoms with E-state index in [1.165, 1.54) is 4.90 Å². The lowest BCUT2D eigenvalue weighted by atomic mass is 9.97. The minimum absolute atomic E-state index is 0.334. The third-order valence-electron chi connectivity index (χ3n) is 9.20. The number of pyridine rings is 1. The third kappa shape index (κ3) is 4.29. The first-order valence-corrected chi connectivity index (χ1v) is 15.9. The van der Waals surface area contributed by atoms with Gasteiger partial charge < -0.3 is 4.57 Å². The fourth-order valence-corrected chi connectivity index (χ4v) is 6.99. The fourth-order valence-electron chi connectivity index (χ4n) is 6.99. The van der Waals surface area contributed by atoms with Crippen molar-refractivity contribution in [3.05, 3.63) is 175 Å². The van der Waals surface area contributed by atoms with Crippen LogP contribution in [-0.2, 0) is 0 Å². The minimum Gasteiger partial charge on any atom is -0.308 e. The molecule has 226 valence electrons. The van der Waals surface area contributed by atoms with Gasteiger partial charge in [-0.2, -0.15) is 0 Å². The van der Waals surface area contributed by atoms with E-state index in [-0.39, 0.29) is 11.8 Å². The molecule has 9 rings (SSSR count). The van der Waals surface area contributed by atoms with Crippen LogP contribution in [0, 0.1) is 0 Å². The number of rotatable bonds is 5. The fraction of sp³-hybridized carbons (Fsp3) is 0. The van der Waals surface area contributed by atoms with Crippen LogP contribution in [-0.4, -0.2) is 21.4 Å². The van der Waals surface area contributed by atoms with Gasteiger partial charge in [0.05, 0.1) is 39.2 Å². The summed E-state index contributed by atoms with van der Waals surface area (Å²) in [6, 6.07) is 51.9. The number of nitrogens with zero attached hydrogens (tertiary/aromatic N) is 3. The number of para-hydroxylation sites is 1. The molecule has 0 N–H and O–H groups in total. The molecule has 2 aromatic heterocycles. The molecular formula is C43H27N3O2. The second kappa shape index (κ2) is 11.0. The maximum absolute atomic E-state index is 14.7. The molecule has 1 aliphatic heterocycles. The van der Waals surface area contributed by atoms with Gasteiger partial charge in [-0.15, -0.1) is 0 Å². The summed E-state index contributed by atoms with van der Waals surface area (Å²) < 4.78 is 2.11. The van der Waals surface area contributed by atoms with E-state index in [0.29, 0.717) is 22.5 Å². The van der Waals surface area contributed by atoms with Crippen LogP contribution >= 0.6 is 0 Å². The average Bonchev–Trinajstić information content (AvgIpc) is 3.62. The standard InChI is InChI=1S/C43H27N3O2/c47-42-33-17-11-20-40(45-37-19-8-7-16-32(37)35-27-31(22-24-39(35)45)36-18-9-10-25-44-36)41(33)43(48)46(42)38-23-21-30(28-12-3-1-4-13-28)26-34(38)29-14-5-2-6-15-29/h1-27H. The number of imide groups is 1. The normalized spacial score (nSPS) is 12.6. The van der Waals surface area contributed by atoms with E-state index in [0.717, 1.165) is 55.3 Å². The Labute approximate surface area is 277 Å². The number of fused-ring (bicyclic) bond motifs is 4. The molecule has 0 saturated carbocycles. The van der Waals surface area contributed by atoms with E-state index in [9.17, 15) is 9.59 Å². The Bertz CT molecular complexity index is 2540. The Balaban J connectivity index is 1.22. The van der Waals surface area contributed by atoms with Crippen LogP contribution < -0.4 is 4.90 Å². The molecule has 2 amide bonds. The zero-order valence-corrected chi connectivity index (χ0v) is 25.7. The summed E-state index contributed by atoms with van der Waals surface area (Å²) in [5.41, 5.74) is 9.61. The Hall–Kier alpha value is -6.59. The average molecular weight is 618 g/mol. The summed E-state index contributed by atoms with van der Waals surface area (Å²) in [4.78, 5) is 34.8. The van der Waals surface area contributed by atoms with Crippen molar-refractivity contribution >= 4 is 39.3 Å². The second-order valence-electron chi connectivity index (χ2n) is 11.9. The molecule has 6 aromatic carbocycles. The van der Waals surface area contributed by atoms with Gasteiger partial charge in [-0.3, -0.25) is 14.6 Å². The number of amides is 2. The van der Waals surface area contributed by atoms with Gasteiger partial charge in [0.1, 0.15) is 0 Å². The van der Waals surface area contributed by atoms with Crippen molar-refractivity contribution in [3.8, 4) is 39.2 Å². The molecule has 5 heteroatoms. The highest BCUT2D eigenvalue weighted by molar-refractivity contribution is 6.36. The Morgan fingerprint density at radius 3 is 1.94 bits per heavy atom. The lowest BCUT2D eigenvalue weighted by Crippen LogP contribution is -2.30. The molecule has 48 heavy (non-hydrogen) atoms. The molecule has 3 heterocycles. The number of benzene rings is 6. The van der Waals surface area contributed by atoms with Crippen molar-refractivity contribution in [3.63, 3.8) is 0 Å². The smallest absolute Gasteiger partial charge is 0.268 e. The van der Waals surface area contributed by atoms with Crippen molar-refractivity contribution in [2.45, 2.75) is 0 Å². The monoisotopic (exact) mass is 617 g/mol. The van der Waals surface area contributed by atoms with Crippen LogP contribution in [0.3, 0.4) is 0 Å². The maximum Gasteiger partial charge on any atom is 0.268 e. The van der Waals surface area contributed by atoms with Gasteiger partial charge in [0.25, 0.3) is 11.8 Å². The number of carbonyl (C=O) groups excluding carboxylic acids is 2. The lowest BCUT2D eigenvalue weighted by molar-refractivity contribution is 0.0926. The molecule has 0 atom stereocenters. The number of anilines is 1. The third-order valence-corrected chi connectivity index (χ3v) is 9.20. The number of hydrogen-bond acceptors (Lipinski definition) is 3. The van der Waals surface area contributed by atoms with E-state index in [4.69, 9.17) is 0 Å². The van der Waals surface area contributed by atoms with E-state index >= 15 is 0 Å². The van der Waals surface area contributed by atoms with Gasteiger partial charge in [0.2, 0.25) is 0 Å². The molecule has 5 nitrogen and oxygen atoms in total. The highest BCUT2D eigenvalue weighted by Gasteiger charge is 2.40. The molecule has 0 unspecified atom stereocenters. The molecule has 0 spiro atoms. The van der Waals surface area contributed by atoms with E-state index in [1.54, 1.807) is 12.3 Å². The van der Waals surface area contributed by atoms with Crippen molar-refractivity contribution in [1.82, 2.24) is 9.55 Å². The predicted molar refractivity (Wildman–Crippen MR) is 192 cm³/mol. The minimum atomic E-state index is -0.341. The zero-order valence-electron chi connectivity index (χ0n) is 25.7. The molecule has 0 radical (unpaired) electrons. The van der Waals surface area contributed by atoms with Gasteiger partial charge in [0.15, 0.2) is 0 Å². The summed E-state index contributed by atoms with van der Waals surface area (Å²) in [6.07, 6.45) is 1.79. The first kappa shape index (κ1) is 27.7. The lowest BCUT2D eigenvalue weighted by Gasteiger charge is -2.20. The van der Waals surface area contributed by atoms with Gasteiger partial charge in [-0.25, -0.2) is 4.90 Å². The van der Waals surface area contributed by atoms with Gasteiger partial charge in [-0.05, 0) is 71.3 Å². The van der Waals surface area contributed by atoms with Crippen molar-refractivity contribution < 1.29 is 9.59 Å². The quantitative estimate of drug-likeness (QED) is 0.181. The molecule has 0 saturated heterocycles. The summed E-state index contributed by atoms with van der Waals surface area (Å²) in [5.74, 6) is -0.675. The first-order chi connectivity index (χ1) is 23.7. The SMILES string of the molecule is O=C1c2cccc(-n3c4ccccc4c4cc(-c5ccccn5)ccc43)c2C(=O)N1c1ccc(-c2ccccc2)cc1-c1ccccc1. The van der Waals surface area contributed by atoms with Crippen LogP contribution in [0.5, 0.6) is 0 Å². The van der Waals surface area contributed by atoms with Crippen LogP contribution in [0.15, 0.2) is 164 Å². The zero-order chi connectivity index (χ0) is 32.2. The van der Waals surface area contributed by atoms with E-state index in [1.807, 2.05) is 103 Å². The van der Waals surface area contributed by atoms with Crippen LogP contribution in [0.2, 0.25) is 0 Å². The van der Waals surface area contributed by atoms with Crippen LogP contribution in [0.25, 0.3) is 61.0 Å². The molecule has 8 aromatic rings. The van der Waals surface area contributed by atoms with Crippen molar-refractivity contribution in [2.24, 2.45) is 0 Å². The van der Waals surface area contributed by atoms with Gasteiger partial charge >= 0.3 is 0 Å². The van der Waals surface area contributed by atoms with E-state index < -0.39 is 0 Å². The van der Waals surface area contributed by atoms with Crippen molar-refractivity contribution in [2.75, 3.05) is 4.90 Å². The highest BCUT2D eigenvalue weighted by atomic mass is 16.2. The van der Waals surface area contributed by atoms with Gasteiger partial charge in [0, 0.05) is 28.1 Å². The van der Waals surface area contributed by atoms with Crippen molar-refractivity contribution in [1.29, 1.82) is 0 Å². The summed E-state index contributed by atoms with van der Waals surface area (Å²) in [6.45, 7) is 0. The van der Waals surface area contributed by atoms with Gasteiger partial charge in [-0.1, -0.05) is 103 Å². The number of hydrogen-bond donors (Lipinski definition) is 0. The molecule has 1 aliphatic rings. The highest BCUT2D eigenvalue weighted by Crippen LogP contribution is 2.42.